The Balaban J connectivity index is 3.18. The van der Waals surface area contributed by atoms with Crippen LogP contribution in [0.15, 0.2) is 12.1 Å². The van der Waals surface area contributed by atoms with Crippen molar-refractivity contribution in [2.24, 2.45) is 0 Å². The number of nitrogens with one attached hydrogen (secondary N) is 1. The Morgan fingerprint density at radius 3 is 2.22 bits per heavy atom. The number of anilines is 1. The van der Waals surface area contributed by atoms with E-state index in [9.17, 15) is 14.7 Å². The van der Waals surface area contributed by atoms with Crippen molar-refractivity contribution >= 4 is 41.1 Å². The lowest BCUT2D eigenvalue weighted by molar-refractivity contribution is 0.103. The molecule has 0 aliphatic carbocycles. The minimum absolute atomic E-state index is 0.0890. The van der Waals surface area contributed by atoms with Gasteiger partial charge in [0, 0.05) is 5.02 Å². The lowest BCUT2D eigenvalue weighted by atomic mass is 10.3. The van der Waals surface area contributed by atoms with Crippen LogP contribution in [0.5, 0.6) is 5.75 Å². The Hall–Kier alpha value is -1.86. The van der Waals surface area contributed by atoms with Gasteiger partial charge in [-0.05, 0) is 39.8 Å². The Labute approximate surface area is 144 Å². The van der Waals surface area contributed by atoms with Crippen LogP contribution in [0.25, 0.3) is 0 Å². The molecule has 0 saturated carbocycles. The van der Waals surface area contributed by atoms with Crippen LogP contribution < -0.4 is 10.4 Å². The summed E-state index contributed by atoms with van der Waals surface area (Å²) in [5.74, 6) is -0.443. The smallest absolute Gasteiger partial charge is 0.433 e. The fourth-order valence-electron chi connectivity index (χ4n) is 1.51. The highest BCUT2D eigenvalue weighted by atomic mass is 35.5. The zero-order valence-corrected chi connectivity index (χ0v) is 14.6. The van der Waals surface area contributed by atoms with Crippen molar-refractivity contribution in [2.75, 3.05) is 5.01 Å². The highest BCUT2D eigenvalue weighted by molar-refractivity contribution is 6.36. The number of hydrogen-bond donors (Lipinski definition) is 2. The Kier molecular flexibility index (Phi) is 6.78. The molecule has 0 fully saturated rings. The molecule has 0 aromatic heterocycles. The summed E-state index contributed by atoms with van der Waals surface area (Å²) in [6, 6.07) is 2.54. The van der Waals surface area contributed by atoms with Crippen LogP contribution in [0.3, 0.4) is 0 Å². The minimum atomic E-state index is -0.936. The number of amides is 2. The van der Waals surface area contributed by atoms with Gasteiger partial charge in [0.15, 0.2) is 5.75 Å². The van der Waals surface area contributed by atoms with E-state index in [0.29, 0.717) is 5.01 Å². The van der Waals surface area contributed by atoms with Gasteiger partial charge in [-0.3, -0.25) is 0 Å². The Morgan fingerprint density at radius 2 is 1.70 bits per heavy atom. The molecule has 0 spiro atoms. The lowest BCUT2D eigenvalue weighted by Crippen LogP contribution is -2.48. The number of benzene rings is 1. The largest absolute Gasteiger partial charge is 0.504 e. The maximum absolute atomic E-state index is 12.2. The Morgan fingerprint density at radius 1 is 1.13 bits per heavy atom. The van der Waals surface area contributed by atoms with Crippen LogP contribution in [-0.4, -0.2) is 29.5 Å². The number of carbonyl (C=O) groups excluding carboxylic acids is 2. The molecule has 0 bridgehead atoms. The standard InChI is InChI=1S/C14H18Cl2N2O5/c1-7(2)22-13(20)17-18(14(21)23-8(3)4)11-6-9(15)5-10(16)12(11)19/h5-8,19H,1-4H3,(H,17,20). The molecule has 1 aromatic rings. The minimum Gasteiger partial charge on any atom is -0.504 e. The summed E-state index contributed by atoms with van der Waals surface area (Å²) in [7, 11) is 0. The number of hydrogen-bond acceptors (Lipinski definition) is 5. The summed E-state index contributed by atoms with van der Waals surface area (Å²) in [4.78, 5) is 24.0. The first-order chi connectivity index (χ1) is 10.6. The van der Waals surface area contributed by atoms with E-state index in [0.717, 1.165) is 0 Å². The van der Waals surface area contributed by atoms with Gasteiger partial charge >= 0.3 is 12.2 Å². The molecule has 9 heteroatoms. The van der Waals surface area contributed by atoms with Crippen LogP contribution in [0, 0.1) is 0 Å². The quantitative estimate of drug-likeness (QED) is 0.788. The normalized spacial score (nSPS) is 10.6. The number of rotatable bonds is 3. The fraction of sp³-hybridized carbons (Fsp3) is 0.429. The summed E-state index contributed by atoms with van der Waals surface area (Å²) in [5, 5.41) is 10.8. The van der Waals surface area contributed by atoms with Crippen molar-refractivity contribution in [1.29, 1.82) is 0 Å². The molecule has 1 rings (SSSR count). The number of phenols is 1. The molecule has 0 atom stereocenters. The molecule has 0 aliphatic heterocycles. The number of carbonyl (C=O) groups is 2. The summed E-state index contributed by atoms with van der Waals surface area (Å²) in [6.45, 7) is 6.55. The van der Waals surface area contributed by atoms with E-state index in [1.165, 1.54) is 12.1 Å². The summed E-state index contributed by atoms with van der Waals surface area (Å²) < 4.78 is 9.94. The average molecular weight is 365 g/mol. The van der Waals surface area contributed by atoms with E-state index in [-0.39, 0.29) is 15.7 Å². The predicted octanol–water partition coefficient (Wildman–Crippen LogP) is 4.10. The molecule has 2 amide bonds. The molecule has 0 unspecified atom stereocenters. The molecule has 0 radical (unpaired) electrons. The van der Waals surface area contributed by atoms with Crippen LogP contribution in [-0.2, 0) is 9.47 Å². The number of ether oxygens (including phenoxy) is 2. The summed E-state index contributed by atoms with van der Waals surface area (Å²) in [6.07, 6.45) is -2.70. The predicted molar refractivity (Wildman–Crippen MR) is 87.0 cm³/mol. The van der Waals surface area contributed by atoms with Gasteiger partial charge in [-0.25, -0.2) is 15.0 Å². The van der Waals surface area contributed by atoms with Crippen molar-refractivity contribution in [3.05, 3.63) is 22.2 Å². The second kappa shape index (κ2) is 8.12. The Bertz CT molecular complexity index is 593. The van der Waals surface area contributed by atoms with E-state index in [1.54, 1.807) is 27.7 Å². The van der Waals surface area contributed by atoms with E-state index in [4.69, 9.17) is 32.7 Å². The van der Waals surface area contributed by atoms with Crippen molar-refractivity contribution in [3.63, 3.8) is 0 Å². The second-order valence-corrected chi connectivity index (χ2v) is 5.93. The van der Waals surface area contributed by atoms with Gasteiger partial charge in [-0.2, -0.15) is 5.01 Å². The second-order valence-electron chi connectivity index (χ2n) is 5.09. The number of nitrogens with zero attached hydrogens (tertiary/aromatic N) is 1. The molecule has 7 nitrogen and oxygen atoms in total. The molecule has 2 N–H and O–H groups in total. The molecule has 0 aliphatic rings. The topological polar surface area (TPSA) is 88.1 Å². The highest BCUT2D eigenvalue weighted by Crippen LogP contribution is 2.37. The lowest BCUT2D eigenvalue weighted by Gasteiger charge is -2.25. The van der Waals surface area contributed by atoms with E-state index >= 15 is 0 Å². The zero-order valence-electron chi connectivity index (χ0n) is 13.1. The molecular formula is C14H18Cl2N2O5. The van der Waals surface area contributed by atoms with E-state index < -0.39 is 30.1 Å². The third-order valence-electron chi connectivity index (χ3n) is 2.31. The van der Waals surface area contributed by atoms with Crippen molar-refractivity contribution < 1.29 is 24.2 Å². The molecule has 1 aromatic carbocycles. The van der Waals surface area contributed by atoms with Crippen LogP contribution in [0.1, 0.15) is 27.7 Å². The van der Waals surface area contributed by atoms with Gasteiger partial charge in [-0.15, -0.1) is 0 Å². The molecule has 23 heavy (non-hydrogen) atoms. The maximum Gasteiger partial charge on any atom is 0.433 e. The van der Waals surface area contributed by atoms with Gasteiger partial charge in [0.2, 0.25) is 0 Å². The first-order valence-electron chi connectivity index (χ1n) is 6.77. The first-order valence-corrected chi connectivity index (χ1v) is 7.53. The number of hydrazine groups is 1. The van der Waals surface area contributed by atoms with E-state index in [1.807, 2.05) is 0 Å². The van der Waals surface area contributed by atoms with Gasteiger partial charge in [0.1, 0.15) is 5.69 Å². The summed E-state index contributed by atoms with van der Waals surface area (Å²) in [5.41, 5.74) is 2.04. The SMILES string of the molecule is CC(C)OC(=O)NN(C(=O)OC(C)C)c1cc(Cl)cc(Cl)c1O. The fourth-order valence-corrected chi connectivity index (χ4v) is 2.00. The maximum atomic E-state index is 12.2. The summed E-state index contributed by atoms with van der Waals surface area (Å²) >= 11 is 11.7. The van der Waals surface area contributed by atoms with Crippen LogP contribution >= 0.6 is 23.2 Å². The van der Waals surface area contributed by atoms with Crippen LogP contribution in [0.2, 0.25) is 10.0 Å². The van der Waals surface area contributed by atoms with Gasteiger partial charge in [0.05, 0.1) is 17.2 Å². The highest BCUT2D eigenvalue weighted by Gasteiger charge is 2.26. The third kappa shape index (κ3) is 5.69. The van der Waals surface area contributed by atoms with Crippen molar-refractivity contribution in [1.82, 2.24) is 5.43 Å². The van der Waals surface area contributed by atoms with Gasteiger partial charge in [-0.1, -0.05) is 23.2 Å². The zero-order chi connectivity index (χ0) is 17.7. The van der Waals surface area contributed by atoms with E-state index in [2.05, 4.69) is 5.43 Å². The molecule has 0 heterocycles. The number of aromatic hydroxyl groups is 1. The third-order valence-corrected chi connectivity index (χ3v) is 2.82. The van der Waals surface area contributed by atoms with Crippen molar-refractivity contribution in [2.45, 2.75) is 39.9 Å². The van der Waals surface area contributed by atoms with Crippen LogP contribution in [0.4, 0.5) is 15.3 Å². The average Bonchev–Trinajstić information content (AvgIpc) is 2.38. The first kappa shape index (κ1) is 19.2. The number of phenolic OH excluding ortho intramolecular Hbond substituents is 1. The number of halogens is 2. The van der Waals surface area contributed by atoms with Gasteiger partial charge < -0.3 is 14.6 Å². The molecule has 128 valence electrons. The van der Waals surface area contributed by atoms with Gasteiger partial charge in [0.25, 0.3) is 0 Å². The van der Waals surface area contributed by atoms with Crippen molar-refractivity contribution in [3.8, 4) is 5.75 Å². The molecular weight excluding hydrogens is 347 g/mol. The monoisotopic (exact) mass is 364 g/mol. The molecule has 0 saturated heterocycles.